The van der Waals surface area contributed by atoms with Gasteiger partial charge in [0.25, 0.3) is 0 Å². The molecular formula is C15H15ClS. The number of benzene rings is 1. The van der Waals surface area contributed by atoms with Crippen LogP contribution in [0.4, 0.5) is 0 Å². The van der Waals surface area contributed by atoms with E-state index in [2.05, 4.69) is 38.6 Å². The Balaban J connectivity index is 2.35. The van der Waals surface area contributed by atoms with E-state index in [1.54, 1.807) is 0 Å². The number of thiophene rings is 1. The van der Waals surface area contributed by atoms with Crippen LogP contribution in [0.5, 0.6) is 0 Å². The summed E-state index contributed by atoms with van der Waals surface area (Å²) in [5.74, 6) is 0. The molecule has 0 N–H and O–H groups in total. The summed E-state index contributed by atoms with van der Waals surface area (Å²) < 4.78 is 0. The summed E-state index contributed by atoms with van der Waals surface area (Å²) in [6.07, 6.45) is 0.971. The van der Waals surface area contributed by atoms with Crippen LogP contribution < -0.4 is 0 Å². The molecule has 88 valence electrons. The van der Waals surface area contributed by atoms with Crippen molar-refractivity contribution in [1.82, 2.24) is 0 Å². The van der Waals surface area contributed by atoms with Gasteiger partial charge in [-0.1, -0.05) is 35.9 Å². The first kappa shape index (κ1) is 12.4. The maximum Gasteiger partial charge on any atom is 0.0406 e. The van der Waals surface area contributed by atoms with Crippen LogP contribution >= 0.6 is 22.9 Å². The van der Waals surface area contributed by atoms with Gasteiger partial charge in [0, 0.05) is 21.2 Å². The average molecular weight is 263 g/mol. The van der Waals surface area contributed by atoms with Crippen LogP contribution in [0.15, 0.2) is 42.5 Å². The van der Waals surface area contributed by atoms with Crippen LogP contribution in [0.2, 0.25) is 5.02 Å². The lowest BCUT2D eigenvalue weighted by Crippen LogP contribution is -1.79. The van der Waals surface area contributed by atoms with Crippen molar-refractivity contribution in [2.45, 2.75) is 20.3 Å². The number of rotatable bonds is 3. The molecule has 0 bridgehead atoms. The van der Waals surface area contributed by atoms with E-state index in [4.69, 9.17) is 11.6 Å². The Hall–Kier alpha value is -1.05. The highest BCUT2D eigenvalue weighted by Gasteiger charge is 2.07. The Morgan fingerprint density at radius 2 is 1.94 bits per heavy atom. The van der Waals surface area contributed by atoms with Gasteiger partial charge in [-0.15, -0.1) is 11.3 Å². The number of allylic oxidation sites excluding steroid dienone is 1. The fourth-order valence-corrected chi connectivity index (χ4v) is 3.15. The smallest absolute Gasteiger partial charge is 0.0406 e. The van der Waals surface area contributed by atoms with Gasteiger partial charge in [-0.3, -0.25) is 0 Å². The molecule has 0 nitrogen and oxygen atoms in total. The van der Waals surface area contributed by atoms with Crippen molar-refractivity contribution in [3.8, 4) is 11.1 Å². The largest absolute Gasteiger partial charge is 0.145 e. The summed E-state index contributed by atoms with van der Waals surface area (Å²) in [7, 11) is 0. The van der Waals surface area contributed by atoms with Gasteiger partial charge in [-0.25, -0.2) is 0 Å². The highest BCUT2D eigenvalue weighted by Crippen LogP contribution is 2.32. The predicted octanol–water partition coefficient (Wildman–Crippen LogP) is 5.50. The predicted molar refractivity (Wildman–Crippen MR) is 78.0 cm³/mol. The summed E-state index contributed by atoms with van der Waals surface area (Å²) in [4.78, 5) is 2.73. The van der Waals surface area contributed by atoms with Gasteiger partial charge in [-0.05, 0) is 43.2 Å². The van der Waals surface area contributed by atoms with Crippen molar-refractivity contribution in [3.63, 3.8) is 0 Å². The molecule has 0 radical (unpaired) electrons. The van der Waals surface area contributed by atoms with Gasteiger partial charge >= 0.3 is 0 Å². The summed E-state index contributed by atoms with van der Waals surface area (Å²) >= 11 is 7.75. The highest BCUT2D eigenvalue weighted by molar-refractivity contribution is 7.12. The third-order valence-corrected chi connectivity index (χ3v) is 3.90. The second kappa shape index (κ2) is 5.07. The first-order chi connectivity index (χ1) is 8.06. The normalized spacial score (nSPS) is 10.5. The second-order valence-electron chi connectivity index (χ2n) is 4.32. The minimum atomic E-state index is 0.781. The maximum atomic E-state index is 5.90. The Bertz CT molecular complexity index is 535. The van der Waals surface area contributed by atoms with E-state index < -0.39 is 0 Å². The third kappa shape index (κ3) is 2.99. The van der Waals surface area contributed by atoms with Crippen molar-refractivity contribution in [3.05, 3.63) is 57.3 Å². The molecule has 0 aliphatic heterocycles. The molecule has 0 spiro atoms. The van der Waals surface area contributed by atoms with E-state index >= 15 is 0 Å². The summed E-state index contributed by atoms with van der Waals surface area (Å²) in [6.45, 7) is 8.19. The van der Waals surface area contributed by atoms with E-state index in [0.717, 1.165) is 11.4 Å². The van der Waals surface area contributed by atoms with Crippen LogP contribution in [-0.2, 0) is 6.42 Å². The molecule has 0 aliphatic rings. The molecule has 2 heteroatoms. The van der Waals surface area contributed by atoms with E-state index in [1.165, 1.54) is 26.5 Å². The van der Waals surface area contributed by atoms with Gasteiger partial charge < -0.3 is 0 Å². The Kier molecular flexibility index (Phi) is 3.70. The minimum Gasteiger partial charge on any atom is -0.145 e. The van der Waals surface area contributed by atoms with Crippen LogP contribution in [0.3, 0.4) is 0 Å². The lowest BCUT2D eigenvalue weighted by atomic mass is 10.1. The van der Waals surface area contributed by atoms with E-state index in [1.807, 2.05) is 23.5 Å². The van der Waals surface area contributed by atoms with Crippen molar-refractivity contribution < 1.29 is 0 Å². The first-order valence-electron chi connectivity index (χ1n) is 5.56. The number of halogens is 1. The van der Waals surface area contributed by atoms with Crippen molar-refractivity contribution in [2.24, 2.45) is 0 Å². The Morgan fingerprint density at radius 3 is 2.53 bits per heavy atom. The lowest BCUT2D eigenvalue weighted by molar-refractivity contribution is 1.20. The molecule has 2 rings (SSSR count). The molecule has 0 atom stereocenters. The highest BCUT2D eigenvalue weighted by atomic mass is 35.5. The average Bonchev–Trinajstić information content (AvgIpc) is 2.59. The zero-order valence-electron chi connectivity index (χ0n) is 10.1. The van der Waals surface area contributed by atoms with Crippen molar-refractivity contribution >= 4 is 22.9 Å². The lowest BCUT2D eigenvalue weighted by Gasteiger charge is -1.99. The number of hydrogen-bond donors (Lipinski definition) is 0. The SMILES string of the molecule is C=C(C)Cc1cc(-c2ccc(Cl)cc2)c(C)s1. The third-order valence-electron chi connectivity index (χ3n) is 2.60. The standard InChI is InChI=1S/C15H15ClS/c1-10(2)8-14-9-15(11(3)17-14)12-4-6-13(16)7-5-12/h4-7,9H,1,8H2,2-3H3. The fraction of sp³-hybridized carbons (Fsp3) is 0.200. The van der Waals surface area contributed by atoms with Gasteiger partial charge in [0.15, 0.2) is 0 Å². The molecule has 0 amide bonds. The topological polar surface area (TPSA) is 0 Å². The zero-order valence-corrected chi connectivity index (χ0v) is 11.7. The zero-order chi connectivity index (χ0) is 12.4. The molecule has 1 aromatic carbocycles. The molecule has 0 aliphatic carbocycles. The van der Waals surface area contributed by atoms with E-state index in [0.29, 0.717) is 0 Å². The monoisotopic (exact) mass is 262 g/mol. The van der Waals surface area contributed by atoms with Gasteiger partial charge in [0.05, 0.1) is 0 Å². The van der Waals surface area contributed by atoms with Crippen LogP contribution in [0.1, 0.15) is 16.7 Å². The molecule has 1 aromatic heterocycles. The maximum absolute atomic E-state index is 5.90. The van der Waals surface area contributed by atoms with Crippen LogP contribution in [0, 0.1) is 6.92 Å². The number of hydrogen-bond acceptors (Lipinski definition) is 1. The van der Waals surface area contributed by atoms with Crippen LogP contribution in [-0.4, -0.2) is 0 Å². The molecule has 0 saturated carbocycles. The molecule has 0 fully saturated rings. The summed E-state index contributed by atoms with van der Waals surface area (Å²) in [6, 6.07) is 10.3. The second-order valence-corrected chi connectivity index (χ2v) is 6.10. The van der Waals surface area contributed by atoms with E-state index in [9.17, 15) is 0 Å². The van der Waals surface area contributed by atoms with Gasteiger partial charge in [-0.2, -0.15) is 0 Å². The summed E-state index contributed by atoms with van der Waals surface area (Å²) in [5, 5.41) is 0.781. The molecule has 1 heterocycles. The summed E-state index contributed by atoms with van der Waals surface area (Å²) in [5.41, 5.74) is 3.74. The number of aryl methyl sites for hydroxylation is 1. The Labute approximate surface area is 112 Å². The molecule has 0 saturated heterocycles. The first-order valence-corrected chi connectivity index (χ1v) is 6.75. The fourth-order valence-electron chi connectivity index (χ4n) is 1.84. The van der Waals surface area contributed by atoms with Gasteiger partial charge in [0.2, 0.25) is 0 Å². The molecule has 0 unspecified atom stereocenters. The molecule has 17 heavy (non-hydrogen) atoms. The van der Waals surface area contributed by atoms with Crippen molar-refractivity contribution in [2.75, 3.05) is 0 Å². The minimum absolute atomic E-state index is 0.781. The van der Waals surface area contributed by atoms with Crippen molar-refractivity contribution in [1.29, 1.82) is 0 Å². The Morgan fingerprint density at radius 1 is 1.29 bits per heavy atom. The van der Waals surface area contributed by atoms with E-state index in [-0.39, 0.29) is 0 Å². The molecular weight excluding hydrogens is 248 g/mol. The molecule has 2 aromatic rings. The van der Waals surface area contributed by atoms with Gasteiger partial charge in [0.1, 0.15) is 0 Å². The quantitative estimate of drug-likeness (QED) is 0.641. The van der Waals surface area contributed by atoms with Crippen LogP contribution in [0.25, 0.3) is 11.1 Å².